The van der Waals surface area contributed by atoms with E-state index in [0.717, 1.165) is 17.8 Å². The van der Waals surface area contributed by atoms with Crippen LogP contribution in [0.1, 0.15) is 44.9 Å². The lowest BCUT2D eigenvalue weighted by Gasteiger charge is -2.56. The van der Waals surface area contributed by atoms with Gasteiger partial charge in [-0.1, -0.05) is 11.6 Å². The molecule has 6 nitrogen and oxygen atoms in total. The number of thiocarbonyl (C=S) groups is 1. The van der Waals surface area contributed by atoms with Gasteiger partial charge in [-0.3, -0.25) is 14.9 Å². The summed E-state index contributed by atoms with van der Waals surface area (Å²) < 4.78 is 0. The lowest BCUT2D eigenvalue weighted by atomic mass is 9.49. The van der Waals surface area contributed by atoms with Gasteiger partial charge in [0.15, 0.2) is 5.11 Å². The molecule has 1 aromatic rings. The third-order valence-corrected chi connectivity index (χ3v) is 6.88. The van der Waals surface area contributed by atoms with Crippen molar-refractivity contribution in [3.63, 3.8) is 0 Å². The number of hydrogen-bond acceptors (Lipinski definition) is 4. The monoisotopic (exact) mass is 407 g/mol. The molecule has 27 heavy (non-hydrogen) atoms. The summed E-state index contributed by atoms with van der Waals surface area (Å²) in [4.78, 5) is 22.9. The van der Waals surface area contributed by atoms with Gasteiger partial charge in [-0.05, 0) is 80.0 Å². The van der Waals surface area contributed by atoms with Crippen LogP contribution in [0.2, 0.25) is 5.02 Å². The van der Waals surface area contributed by atoms with Crippen LogP contribution in [0.5, 0.6) is 0 Å². The number of carbonyl (C=O) groups excluding carboxylic acids is 1. The molecule has 1 aromatic carbocycles. The van der Waals surface area contributed by atoms with Crippen LogP contribution in [-0.4, -0.2) is 15.9 Å². The topological polar surface area (TPSA) is 84.3 Å². The second-order valence-electron chi connectivity index (χ2n) is 8.52. The number of nitro benzene ring substituents is 1. The predicted molar refractivity (Wildman–Crippen MR) is 108 cm³/mol. The highest BCUT2D eigenvalue weighted by Crippen LogP contribution is 2.61. The molecule has 4 saturated carbocycles. The molecule has 0 spiro atoms. The van der Waals surface area contributed by atoms with Crippen molar-refractivity contribution in [3.05, 3.63) is 33.3 Å². The Morgan fingerprint density at radius 3 is 2.33 bits per heavy atom. The van der Waals surface area contributed by atoms with E-state index < -0.39 is 4.92 Å². The van der Waals surface area contributed by atoms with E-state index in [-0.39, 0.29) is 27.1 Å². The lowest BCUT2D eigenvalue weighted by molar-refractivity contribution is -0.384. The molecule has 0 aromatic heterocycles. The van der Waals surface area contributed by atoms with Crippen molar-refractivity contribution in [2.75, 3.05) is 5.32 Å². The highest BCUT2D eigenvalue weighted by molar-refractivity contribution is 7.80. The molecule has 0 radical (unpaired) electrons. The van der Waals surface area contributed by atoms with Crippen molar-refractivity contribution < 1.29 is 9.72 Å². The molecule has 0 heterocycles. The molecule has 4 bridgehead atoms. The number of carbonyl (C=O) groups is 1. The molecule has 4 aliphatic carbocycles. The molecule has 4 fully saturated rings. The molecular weight excluding hydrogens is 386 g/mol. The van der Waals surface area contributed by atoms with E-state index in [0.29, 0.717) is 12.1 Å². The summed E-state index contributed by atoms with van der Waals surface area (Å²) in [5.74, 6) is 2.33. The van der Waals surface area contributed by atoms with Gasteiger partial charge in [0, 0.05) is 18.6 Å². The Morgan fingerprint density at radius 2 is 1.81 bits per heavy atom. The summed E-state index contributed by atoms with van der Waals surface area (Å²) in [6.07, 6.45) is 8.06. The lowest BCUT2D eigenvalue weighted by Crippen LogP contribution is -2.48. The average molecular weight is 408 g/mol. The van der Waals surface area contributed by atoms with Gasteiger partial charge >= 0.3 is 0 Å². The summed E-state index contributed by atoms with van der Waals surface area (Å²) in [5, 5.41) is 16.7. The minimum absolute atomic E-state index is 0.0625. The Hall–Kier alpha value is -1.73. The second-order valence-corrected chi connectivity index (χ2v) is 9.33. The van der Waals surface area contributed by atoms with E-state index >= 15 is 0 Å². The minimum atomic E-state index is -0.513. The van der Waals surface area contributed by atoms with E-state index in [9.17, 15) is 14.9 Å². The van der Waals surface area contributed by atoms with E-state index in [1.807, 2.05) is 0 Å². The Kier molecular flexibility index (Phi) is 4.84. The SMILES string of the molecule is O=C(CC12CC3CC(CC(C3)C1)C2)NC(=S)Nc1ccc([N+](=O)[O-])cc1Cl. The van der Waals surface area contributed by atoms with Gasteiger partial charge in [-0.2, -0.15) is 0 Å². The first-order chi connectivity index (χ1) is 12.8. The van der Waals surface area contributed by atoms with Crippen molar-refractivity contribution >= 4 is 46.2 Å². The summed E-state index contributed by atoms with van der Waals surface area (Å²) in [6, 6.07) is 4.08. The standard InChI is InChI=1S/C19H22ClN3O3S/c20-15-6-14(23(25)26)1-2-16(15)21-18(27)22-17(24)10-19-7-11-3-12(8-19)5-13(4-11)9-19/h1-2,6,11-13H,3-5,7-10H2,(H2,21,22,24,27). The molecule has 0 unspecified atom stereocenters. The predicted octanol–water partition coefficient (Wildman–Crippen LogP) is 4.67. The number of anilines is 1. The quantitative estimate of drug-likeness (QED) is 0.430. The number of hydrogen-bond donors (Lipinski definition) is 2. The molecular formula is C19H22ClN3O3S. The van der Waals surface area contributed by atoms with Gasteiger partial charge in [0.1, 0.15) is 0 Å². The zero-order chi connectivity index (χ0) is 19.2. The van der Waals surface area contributed by atoms with Gasteiger partial charge in [0.2, 0.25) is 5.91 Å². The average Bonchev–Trinajstić information content (AvgIpc) is 2.54. The zero-order valence-electron chi connectivity index (χ0n) is 14.9. The minimum Gasteiger partial charge on any atom is -0.331 e. The summed E-state index contributed by atoms with van der Waals surface area (Å²) in [7, 11) is 0. The maximum Gasteiger partial charge on any atom is 0.271 e. The smallest absolute Gasteiger partial charge is 0.271 e. The van der Waals surface area contributed by atoms with Crippen LogP contribution in [0.3, 0.4) is 0 Å². The number of amides is 1. The van der Waals surface area contributed by atoms with Crippen molar-refractivity contribution in [2.45, 2.75) is 44.9 Å². The third-order valence-electron chi connectivity index (χ3n) is 6.37. The number of nitro groups is 1. The first-order valence-corrected chi connectivity index (χ1v) is 10.2. The summed E-state index contributed by atoms with van der Waals surface area (Å²) >= 11 is 11.3. The molecule has 1 amide bonds. The van der Waals surface area contributed by atoms with Gasteiger partial charge in [0.25, 0.3) is 5.69 Å². The number of non-ortho nitro benzene ring substituents is 1. The first kappa shape index (κ1) is 18.6. The Labute approximate surface area is 168 Å². The Balaban J connectivity index is 1.35. The molecule has 0 saturated heterocycles. The zero-order valence-corrected chi connectivity index (χ0v) is 16.4. The van der Waals surface area contributed by atoms with Crippen molar-refractivity contribution in [2.24, 2.45) is 23.2 Å². The van der Waals surface area contributed by atoms with Crippen LogP contribution >= 0.6 is 23.8 Å². The number of benzene rings is 1. The Morgan fingerprint density at radius 1 is 1.22 bits per heavy atom. The fourth-order valence-corrected chi connectivity index (χ4v) is 6.34. The normalized spacial score (nSPS) is 30.8. The molecule has 2 N–H and O–H groups in total. The number of nitrogens with zero attached hydrogens (tertiary/aromatic N) is 1. The Bertz CT molecular complexity index is 778. The molecule has 5 rings (SSSR count). The molecule has 0 atom stereocenters. The maximum atomic E-state index is 12.6. The van der Waals surface area contributed by atoms with Crippen LogP contribution in [0.4, 0.5) is 11.4 Å². The van der Waals surface area contributed by atoms with E-state index in [4.69, 9.17) is 23.8 Å². The molecule has 4 aliphatic rings. The highest BCUT2D eigenvalue weighted by Gasteiger charge is 2.51. The van der Waals surface area contributed by atoms with Crippen molar-refractivity contribution in [1.29, 1.82) is 0 Å². The largest absolute Gasteiger partial charge is 0.331 e. The fraction of sp³-hybridized carbons (Fsp3) is 0.579. The maximum absolute atomic E-state index is 12.6. The van der Waals surface area contributed by atoms with Gasteiger partial charge < -0.3 is 10.6 Å². The van der Waals surface area contributed by atoms with E-state index in [2.05, 4.69) is 10.6 Å². The van der Waals surface area contributed by atoms with Crippen molar-refractivity contribution in [1.82, 2.24) is 5.32 Å². The van der Waals surface area contributed by atoms with Crippen molar-refractivity contribution in [3.8, 4) is 0 Å². The highest BCUT2D eigenvalue weighted by atomic mass is 35.5. The van der Waals surface area contributed by atoms with Crippen LogP contribution in [0.25, 0.3) is 0 Å². The van der Waals surface area contributed by atoms with Gasteiger partial charge in [-0.15, -0.1) is 0 Å². The third kappa shape index (κ3) is 3.94. The first-order valence-electron chi connectivity index (χ1n) is 9.37. The van der Waals surface area contributed by atoms with Crippen LogP contribution in [0, 0.1) is 33.3 Å². The molecule has 8 heteroatoms. The van der Waals surface area contributed by atoms with E-state index in [1.165, 1.54) is 56.7 Å². The number of halogens is 1. The molecule has 0 aliphatic heterocycles. The van der Waals surface area contributed by atoms with Gasteiger partial charge in [-0.25, -0.2) is 0 Å². The second kappa shape index (κ2) is 7.02. The number of rotatable bonds is 4. The van der Waals surface area contributed by atoms with E-state index in [1.54, 1.807) is 0 Å². The van der Waals surface area contributed by atoms with Gasteiger partial charge in [0.05, 0.1) is 15.6 Å². The summed E-state index contributed by atoms with van der Waals surface area (Å²) in [5.41, 5.74) is 0.490. The summed E-state index contributed by atoms with van der Waals surface area (Å²) in [6.45, 7) is 0. The van der Waals surface area contributed by atoms with Crippen LogP contribution in [0.15, 0.2) is 18.2 Å². The number of nitrogens with one attached hydrogen (secondary N) is 2. The van der Waals surface area contributed by atoms with Crippen LogP contribution in [-0.2, 0) is 4.79 Å². The van der Waals surface area contributed by atoms with Crippen LogP contribution < -0.4 is 10.6 Å². The fourth-order valence-electron chi connectivity index (χ4n) is 5.89. The molecule has 144 valence electrons.